The molecule has 168 valence electrons. The molecule has 0 radical (unpaired) electrons. The number of carbonyl (C=O) groups excluding carboxylic acids is 2. The molecule has 0 saturated carbocycles. The van der Waals surface area contributed by atoms with Crippen LogP contribution in [0.2, 0.25) is 5.02 Å². The fourth-order valence-electron chi connectivity index (χ4n) is 3.77. The molecular formula is C26H22BrClN2O2S. The molecule has 0 aliphatic heterocycles. The van der Waals surface area contributed by atoms with Gasteiger partial charge in [0.25, 0.3) is 0 Å². The molecule has 0 aliphatic carbocycles. The Morgan fingerprint density at radius 2 is 1.82 bits per heavy atom. The zero-order valence-corrected chi connectivity index (χ0v) is 21.4. The van der Waals surface area contributed by atoms with Crippen LogP contribution < -0.4 is 5.32 Å². The molecule has 2 aromatic carbocycles. The number of carbonyl (C=O) groups is 2. The maximum Gasteiger partial charge on any atom is 0.225 e. The van der Waals surface area contributed by atoms with Crippen molar-refractivity contribution < 1.29 is 9.59 Å². The number of hydrogen-bond acceptors (Lipinski definition) is 3. The van der Waals surface area contributed by atoms with Crippen molar-refractivity contribution in [1.82, 2.24) is 9.88 Å². The highest BCUT2D eigenvalue weighted by Crippen LogP contribution is 2.29. The van der Waals surface area contributed by atoms with E-state index in [1.54, 1.807) is 35.6 Å². The van der Waals surface area contributed by atoms with Crippen molar-refractivity contribution in [3.8, 4) is 5.69 Å². The van der Waals surface area contributed by atoms with Gasteiger partial charge in [-0.2, -0.15) is 0 Å². The minimum atomic E-state index is -0.157. The molecule has 4 nitrogen and oxygen atoms in total. The van der Waals surface area contributed by atoms with E-state index in [0.29, 0.717) is 29.1 Å². The maximum atomic E-state index is 13.5. The number of aromatic nitrogens is 1. The third-order valence-electron chi connectivity index (χ3n) is 5.52. The highest BCUT2D eigenvalue weighted by atomic mass is 79.9. The first kappa shape index (κ1) is 23.5. The number of nitrogens with one attached hydrogen (secondary N) is 1. The lowest BCUT2D eigenvalue weighted by Crippen LogP contribution is -2.25. The molecule has 33 heavy (non-hydrogen) atoms. The highest BCUT2D eigenvalue weighted by Gasteiger charge is 2.21. The summed E-state index contributed by atoms with van der Waals surface area (Å²) in [6.07, 6.45) is 0.352. The lowest BCUT2D eigenvalue weighted by atomic mass is 10.0. The van der Waals surface area contributed by atoms with Gasteiger partial charge in [0, 0.05) is 31.9 Å². The van der Waals surface area contributed by atoms with Gasteiger partial charge >= 0.3 is 0 Å². The molecule has 0 aliphatic rings. The zero-order chi connectivity index (χ0) is 23.5. The number of hydrogen-bond donors (Lipinski definition) is 1. The molecule has 0 bridgehead atoms. The van der Waals surface area contributed by atoms with Crippen molar-refractivity contribution in [2.45, 2.75) is 26.8 Å². The van der Waals surface area contributed by atoms with E-state index in [0.717, 1.165) is 32.0 Å². The minimum absolute atomic E-state index is 0.0383. The normalized spacial score (nSPS) is 10.9. The second-order valence-electron chi connectivity index (χ2n) is 7.74. The van der Waals surface area contributed by atoms with E-state index in [2.05, 4.69) is 21.2 Å². The summed E-state index contributed by atoms with van der Waals surface area (Å²) in [4.78, 5) is 27.0. The van der Waals surface area contributed by atoms with E-state index < -0.39 is 0 Å². The third-order valence-corrected chi connectivity index (χ3v) is 7.22. The van der Waals surface area contributed by atoms with Gasteiger partial charge in [0.1, 0.15) is 0 Å². The second-order valence-corrected chi connectivity index (χ2v) is 10.1. The first-order valence-corrected chi connectivity index (χ1v) is 12.5. The Bertz CT molecular complexity index is 1330. The van der Waals surface area contributed by atoms with Crippen LogP contribution in [-0.4, -0.2) is 16.3 Å². The summed E-state index contributed by atoms with van der Waals surface area (Å²) in [7, 11) is 0. The van der Waals surface area contributed by atoms with Gasteiger partial charge in [-0.05, 0) is 67.3 Å². The number of ketones is 1. The fraction of sp³-hybridized carbons (Fsp3) is 0.154. The number of halogens is 2. The molecule has 0 saturated heterocycles. The predicted octanol–water partition coefficient (Wildman–Crippen LogP) is 6.66. The van der Waals surface area contributed by atoms with Crippen LogP contribution in [0.4, 0.5) is 0 Å². The monoisotopic (exact) mass is 540 g/mol. The van der Waals surface area contributed by atoms with Crippen LogP contribution in [0.15, 0.2) is 70.5 Å². The van der Waals surface area contributed by atoms with Gasteiger partial charge in [-0.15, -0.1) is 11.3 Å². The van der Waals surface area contributed by atoms with Gasteiger partial charge in [0.15, 0.2) is 5.78 Å². The van der Waals surface area contributed by atoms with Gasteiger partial charge in [-0.25, -0.2) is 0 Å². The zero-order valence-electron chi connectivity index (χ0n) is 18.2. The Balaban J connectivity index is 1.70. The van der Waals surface area contributed by atoms with Crippen LogP contribution >= 0.6 is 38.9 Å². The SMILES string of the molecule is Cc1cc(CNC(=O)Cc2cccs2)n(-c2ccc(Br)cc2C(=O)c2ccccc2Cl)c1C. The van der Waals surface area contributed by atoms with E-state index in [-0.39, 0.29) is 11.7 Å². The Morgan fingerprint density at radius 1 is 1.03 bits per heavy atom. The fourth-order valence-corrected chi connectivity index (χ4v) is 5.06. The summed E-state index contributed by atoms with van der Waals surface area (Å²) in [6, 6.07) is 18.6. The largest absolute Gasteiger partial charge is 0.350 e. The summed E-state index contributed by atoms with van der Waals surface area (Å²) in [5.74, 6) is -0.195. The first-order chi connectivity index (χ1) is 15.8. The van der Waals surface area contributed by atoms with Gasteiger partial charge in [0.2, 0.25) is 5.91 Å². The number of rotatable bonds is 7. The van der Waals surface area contributed by atoms with Crippen LogP contribution in [0.3, 0.4) is 0 Å². The quantitative estimate of drug-likeness (QED) is 0.266. The summed E-state index contributed by atoms with van der Waals surface area (Å²) in [5, 5.41) is 5.40. The Labute approximate surface area is 210 Å². The average molecular weight is 542 g/mol. The summed E-state index contributed by atoms with van der Waals surface area (Å²) in [5.41, 5.74) is 4.72. The first-order valence-electron chi connectivity index (χ1n) is 10.4. The van der Waals surface area contributed by atoms with Crippen LogP contribution in [0, 0.1) is 13.8 Å². The van der Waals surface area contributed by atoms with Crippen molar-refractivity contribution in [1.29, 1.82) is 0 Å². The van der Waals surface area contributed by atoms with Crippen LogP contribution in [-0.2, 0) is 17.8 Å². The molecule has 4 rings (SSSR count). The maximum absolute atomic E-state index is 13.5. The van der Waals surface area contributed by atoms with Crippen LogP contribution in [0.1, 0.15) is 37.7 Å². The Morgan fingerprint density at radius 3 is 2.55 bits per heavy atom. The molecular weight excluding hydrogens is 520 g/mol. The number of benzene rings is 2. The minimum Gasteiger partial charge on any atom is -0.350 e. The molecule has 0 spiro atoms. The van der Waals surface area contributed by atoms with Gasteiger partial charge < -0.3 is 9.88 Å². The Hall–Kier alpha value is -2.67. The lowest BCUT2D eigenvalue weighted by molar-refractivity contribution is -0.120. The summed E-state index contributed by atoms with van der Waals surface area (Å²) in [6.45, 7) is 4.39. The molecule has 7 heteroatoms. The molecule has 1 N–H and O–H groups in total. The second kappa shape index (κ2) is 10.1. The van der Waals surface area contributed by atoms with E-state index >= 15 is 0 Å². The number of nitrogens with zero attached hydrogens (tertiary/aromatic N) is 1. The van der Waals surface area contributed by atoms with Crippen molar-refractivity contribution >= 4 is 50.6 Å². The predicted molar refractivity (Wildman–Crippen MR) is 138 cm³/mol. The van der Waals surface area contributed by atoms with Crippen molar-refractivity contribution in [2.24, 2.45) is 0 Å². The van der Waals surface area contributed by atoms with Gasteiger partial charge in [0.05, 0.1) is 23.7 Å². The Kier molecular flexibility index (Phi) is 7.17. The van der Waals surface area contributed by atoms with E-state index in [4.69, 9.17) is 11.6 Å². The van der Waals surface area contributed by atoms with Crippen molar-refractivity contribution in [3.63, 3.8) is 0 Å². The van der Waals surface area contributed by atoms with Crippen molar-refractivity contribution in [3.05, 3.63) is 108 Å². The van der Waals surface area contributed by atoms with Crippen LogP contribution in [0.5, 0.6) is 0 Å². The number of amides is 1. The molecule has 4 aromatic rings. The van der Waals surface area contributed by atoms with Crippen molar-refractivity contribution in [2.75, 3.05) is 0 Å². The smallest absolute Gasteiger partial charge is 0.225 e. The van der Waals surface area contributed by atoms with Gasteiger partial charge in [-0.1, -0.05) is 45.7 Å². The number of aryl methyl sites for hydroxylation is 1. The number of thiophene rings is 1. The molecule has 0 fully saturated rings. The van der Waals surface area contributed by atoms with Gasteiger partial charge in [-0.3, -0.25) is 9.59 Å². The molecule has 0 unspecified atom stereocenters. The molecule has 1 amide bonds. The van der Waals surface area contributed by atoms with E-state index in [1.807, 2.05) is 60.2 Å². The average Bonchev–Trinajstić information content (AvgIpc) is 3.40. The van der Waals surface area contributed by atoms with E-state index in [1.165, 1.54) is 0 Å². The molecule has 0 atom stereocenters. The summed E-state index contributed by atoms with van der Waals surface area (Å²) < 4.78 is 2.84. The standard InChI is InChI=1S/C26H22BrClN2O2S/c1-16-12-19(15-29-25(31)14-20-6-5-11-33-20)30(17(16)2)24-10-9-18(27)13-22(24)26(32)21-7-3-4-8-23(21)28/h3-13H,14-15H2,1-2H3,(H,29,31). The highest BCUT2D eigenvalue weighted by molar-refractivity contribution is 9.10. The lowest BCUT2D eigenvalue weighted by Gasteiger charge is -2.17. The van der Waals surface area contributed by atoms with E-state index in [9.17, 15) is 9.59 Å². The molecule has 2 aromatic heterocycles. The molecule has 2 heterocycles. The summed E-state index contributed by atoms with van der Waals surface area (Å²) >= 11 is 11.4. The van der Waals surface area contributed by atoms with Crippen LogP contribution in [0.25, 0.3) is 5.69 Å². The topological polar surface area (TPSA) is 51.1 Å². The third kappa shape index (κ3) is 5.13.